The van der Waals surface area contributed by atoms with E-state index in [0.29, 0.717) is 6.61 Å². The molecule has 0 aliphatic rings. The Bertz CT molecular complexity index is 624. The van der Waals surface area contributed by atoms with Crippen LogP contribution in [-0.4, -0.2) is 6.61 Å². The second-order valence-electron chi connectivity index (χ2n) is 4.82. The van der Waals surface area contributed by atoms with Crippen molar-refractivity contribution in [3.8, 4) is 17.6 Å². The van der Waals surface area contributed by atoms with E-state index in [4.69, 9.17) is 4.74 Å². The number of benzene rings is 2. The highest BCUT2D eigenvalue weighted by molar-refractivity contribution is 5.44. The van der Waals surface area contributed by atoms with Gasteiger partial charge in [-0.15, -0.1) is 0 Å². The molecule has 0 amide bonds. The van der Waals surface area contributed by atoms with Crippen molar-refractivity contribution in [2.45, 2.75) is 19.8 Å². The van der Waals surface area contributed by atoms with Crippen molar-refractivity contribution in [2.75, 3.05) is 6.61 Å². The molecule has 2 aromatic carbocycles. The van der Waals surface area contributed by atoms with E-state index in [1.165, 1.54) is 12.0 Å². The molecule has 0 spiro atoms. The Morgan fingerprint density at radius 1 is 0.952 bits per heavy atom. The average molecular weight is 276 g/mol. The van der Waals surface area contributed by atoms with Gasteiger partial charge in [0.25, 0.3) is 0 Å². The Labute approximate surface area is 127 Å². The summed E-state index contributed by atoms with van der Waals surface area (Å²) < 4.78 is 5.44. The lowest BCUT2D eigenvalue weighted by Crippen LogP contribution is -1.92. The smallest absolute Gasteiger partial charge is 0.119 e. The summed E-state index contributed by atoms with van der Waals surface area (Å²) >= 11 is 0. The molecule has 1 heteroatoms. The molecule has 0 unspecified atom stereocenters. The molecule has 2 aromatic rings. The second kappa shape index (κ2) is 7.97. The zero-order valence-corrected chi connectivity index (χ0v) is 12.4. The summed E-state index contributed by atoms with van der Waals surface area (Å²) in [6.07, 6.45) is 4.03. The third kappa shape index (κ3) is 4.85. The average Bonchev–Trinajstić information content (AvgIpc) is 2.53. The van der Waals surface area contributed by atoms with Crippen LogP contribution in [0.4, 0.5) is 0 Å². The molecule has 0 aliphatic carbocycles. The molecule has 0 fully saturated rings. The lowest BCUT2D eigenvalue weighted by molar-refractivity contribution is 0.363. The van der Waals surface area contributed by atoms with Gasteiger partial charge in [-0.05, 0) is 48.4 Å². The second-order valence-corrected chi connectivity index (χ2v) is 4.82. The summed E-state index contributed by atoms with van der Waals surface area (Å²) in [5.41, 5.74) is 3.40. The predicted octanol–water partition coefficient (Wildman–Crippen LogP) is 4.60. The maximum Gasteiger partial charge on any atom is 0.119 e. The highest BCUT2D eigenvalue weighted by Gasteiger charge is 1.93. The van der Waals surface area contributed by atoms with E-state index in [-0.39, 0.29) is 0 Å². The van der Waals surface area contributed by atoms with E-state index in [9.17, 15) is 0 Å². The molecular weight excluding hydrogens is 256 g/mol. The van der Waals surface area contributed by atoms with Gasteiger partial charge in [-0.1, -0.05) is 50.0 Å². The highest BCUT2D eigenvalue weighted by Crippen LogP contribution is 2.12. The largest absolute Gasteiger partial charge is 0.490 e. The van der Waals surface area contributed by atoms with E-state index in [1.54, 1.807) is 6.08 Å². The van der Waals surface area contributed by atoms with Gasteiger partial charge in [-0.3, -0.25) is 0 Å². The SMILES string of the molecule is C=CCOc1ccc(C#Cc2ccc(CCC)cc2)cc1. The maximum atomic E-state index is 5.44. The monoisotopic (exact) mass is 276 g/mol. The van der Waals surface area contributed by atoms with Crippen molar-refractivity contribution in [3.05, 3.63) is 77.9 Å². The van der Waals surface area contributed by atoms with Crippen molar-refractivity contribution in [2.24, 2.45) is 0 Å². The van der Waals surface area contributed by atoms with Crippen LogP contribution < -0.4 is 4.74 Å². The number of aryl methyl sites for hydroxylation is 1. The lowest BCUT2D eigenvalue weighted by atomic mass is 10.1. The summed E-state index contributed by atoms with van der Waals surface area (Å²) in [7, 11) is 0. The minimum Gasteiger partial charge on any atom is -0.490 e. The molecule has 0 heterocycles. The molecular formula is C20H20O. The first-order valence-corrected chi connectivity index (χ1v) is 7.26. The lowest BCUT2D eigenvalue weighted by Gasteiger charge is -2.01. The molecule has 0 saturated heterocycles. The van der Waals surface area contributed by atoms with Crippen LogP contribution in [0.25, 0.3) is 0 Å². The number of ether oxygens (including phenoxy) is 1. The molecule has 0 saturated carbocycles. The van der Waals surface area contributed by atoms with Gasteiger partial charge in [0.15, 0.2) is 0 Å². The van der Waals surface area contributed by atoms with Gasteiger partial charge in [0, 0.05) is 11.1 Å². The Hall–Kier alpha value is -2.46. The van der Waals surface area contributed by atoms with Crippen LogP contribution in [0.3, 0.4) is 0 Å². The van der Waals surface area contributed by atoms with Crippen LogP contribution in [0.5, 0.6) is 5.75 Å². The van der Waals surface area contributed by atoms with Gasteiger partial charge >= 0.3 is 0 Å². The summed E-state index contributed by atoms with van der Waals surface area (Å²) in [4.78, 5) is 0. The molecule has 106 valence electrons. The summed E-state index contributed by atoms with van der Waals surface area (Å²) in [5.74, 6) is 7.19. The fraction of sp³-hybridized carbons (Fsp3) is 0.200. The molecule has 0 radical (unpaired) electrons. The molecule has 0 aromatic heterocycles. The van der Waals surface area contributed by atoms with Crippen molar-refractivity contribution < 1.29 is 4.74 Å². The van der Waals surface area contributed by atoms with Crippen LogP contribution in [-0.2, 0) is 6.42 Å². The molecule has 0 aliphatic heterocycles. The first-order valence-electron chi connectivity index (χ1n) is 7.26. The zero-order chi connectivity index (χ0) is 14.9. The van der Waals surface area contributed by atoms with E-state index in [1.807, 2.05) is 24.3 Å². The first kappa shape index (κ1) is 14.9. The van der Waals surface area contributed by atoms with Crippen LogP contribution in [0.1, 0.15) is 30.0 Å². The summed E-state index contributed by atoms with van der Waals surface area (Å²) in [6, 6.07) is 16.3. The zero-order valence-electron chi connectivity index (χ0n) is 12.4. The van der Waals surface area contributed by atoms with E-state index < -0.39 is 0 Å². The van der Waals surface area contributed by atoms with Gasteiger partial charge in [-0.25, -0.2) is 0 Å². The molecule has 0 bridgehead atoms. The Kier molecular flexibility index (Phi) is 5.67. The van der Waals surface area contributed by atoms with Gasteiger partial charge < -0.3 is 4.74 Å². The van der Waals surface area contributed by atoms with Crippen LogP contribution in [0, 0.1) is 11.8 Å². The predicted molar refractivity (Wildman–Crippen MR) is 88.6 cm³/mol. The number of hydrogen-bond acceptors (Lipinski definition) is 1. The van der Waals surface area contributed by atoms with Crippen LogP contribution in [0.2, 0.25) is 0 Å². The Balaban J connectivity index is 2.02. The van der Waals surface area contributed by atoms with Crippen LogP contribution in [0.15, 0.2) is 61.2 Å². The molecule has 2 rings (SSSR count). The molecule has 0 atom stereocenters. The Morgan fingerprint density at radius 2 is 1.52 bits per heavy atom. The number of rotatable bonds is 5. The fourth-order valence-electron chi connectivity index (χ4n) is 1.98. The minimum absolute atomic E-state index is 0.523. The van der Waals surface area contributed by atoms with E-state index >= 15 is 0 Å². The van der Waals surface area contributed by atoms with Crippen molar-refractivity contribution >= 4 is 0 Å². The van der Waals surface area contributed by atoms with Crippen molar-refractivity contribution in [1.82, 2.24) is 0 Å². The summed E-state index contributed by atoms with van der Waals surface area (Å²) in [5, 5.41) is 0. The quantitative estimate of drug-likeness (QED) is 0.572. The van der Waals surface area contributed by atoms with Crippen LogP contribution >= 0.6 is 0 Å². The highest BCUT2D eigenvalue weighted by atomic mass is 16.5. The number of hydrogen-bond donors (Lipinski definition) is 0. The first-order chi connectivity index (χ1) is 10.3. The Morgan fingerprint density at radius 3 is 2.05 bits per heavy atom. The molecule has 1 nitrogen and oxygen atoms in total. The molecule has 0 N–H and O–H groups in total. The van der Waals surface area contributed by atoms with Gasteiger partial charge in [-0.2, -0.15) is 0 Å². The standard InChI is InChI=1S/C20H20O/c1-3-5-17-6-8-18(9-7-17)10-11-19-12-14-20(15-13-19)21-16-4-2/h4,6-9,12-15H,2-3,5,16H2,1H3. The maximum absolute atomic E-state index is 5.44. The van der Waals surface area contributed by atoms with E-state index in [0.717, 1.165) is 23.3 Å². The normalized spacial score (nSPS) is 9.57. The van der Waals surface area contributed by atoms with Gasteiger partial charge in [0.2, 0.25) is 0 Å². The van der Waals surface area contributed by atoms with Crippen molar-refractivity contribution in [3.63, 3.8) is 0 Å². The van der Waals surface area contributed by atoms with Crippen molar-refractivity contribution in [1.29, 1.82) is 0 Å². The third-order valence-corrected chi connectivity index (χ3v) is 3.07. The molecule has 21 heavy (non-hydrogen) atoms. The fourth-order valence-corrected chi connectivity index (χ4v) is 1.98. The summed E-state index contributed by atoms with van der Waals surface area (Å²) in [6.45, 7) is 6.34. The third-order valence-electron chi connectivity index (χ3n) is 3.07. The van der Waals surface area contributed by atoms with Gasteiger partial charge in [0.05, 0.1) is 0 Å². The van der Waals surface area contributed by atoms with Gasteiger partial charge in [0.1, 0.15) is 12.4 Å². The van der Waals surface area contributed by atoms with E-state index in [2.05, 4.69) is 49.6 Å². The topological polar surface area (TPSA) is 9.23 Å². The minimum atomic E-state index is 0.523.